The van der Waals surface area contributed by atoms with Crippen LogP contribution in [0.4, 0.5) is 0 Å². The van der Waals surface area contributed by atoms with Gasteiger partial charge in [0.05, 0.1) is 28.2 Å². The summed E-state index contributed by atoms with van der Waals surface area (Å²) in [6.07, 6.45) is 5.88. The van der Waals surface area contributed by atoms with E-state index in [4.69, 9.17) is 39.5 Å². The summed E-state index contributed by atoms with van der Waals surface area (Å²) >= 11 is 19.2. The lowest BCUT2D eigenvalue weighted by Crippen LogP contribution is -2.40. The molecule has 0 bridgehead atoms. The van der Waals surface area contributed by atoms with E-state index in [9.17, 15) is 13.2 Å². The second-order valence-corrected chi connectivity index (χ2v) is 12.1. The molecule has 1 heterocycles. The number of nitrogens with zero attached hydrogens (tertiary/aromatic N) is 1. The Bertz CT molecular complexity index is 1080. The average Bonchev–Trinajstić information content (AvgIpc) is 3.15. The third kappa shape index (κ3) is 7.27. The van der Waals surface area contributed by atoms with Crippen LogP contribution in [0, 0.1) is 0 Å². The molecular weight excluding hydrogens is 517 g/mol. The van der Waals surface area contributed by atoms with Gasteiger partial charge in [-0.1, -0.05) is 85.6 Å². The molecule has 9 heteroatoms. The van der Waals surface area contributed by atoms with Crippen LogP contribution in [0.15, 0.2) is 36.4 Å². The molecule has 34 heavy (non-hydrogen) atoms. The first kappa shape index (κ1) is 27.1. The van der Waals surface area contributed by atoms with E-state index in [0.717, 1.165) is 24.8 Å². The largest absolute Gasteiger partial charge is 0.490 e. The van der Waals surface area contributed by atoms with E-state index < -0.39 is 15.9 Å². The van der Waals surface area contributed by atoms with E-state index >= 15 is 0 Å². The molecule has 0 saturated carbocycles. The van der Waals surface area contributed by atoms with Crippen LogP contribution in [0.3, 0.4) is 0 Å². The molecule has 186 valence electrons. The second kappa shape index (κ2) is 12.5. The Labute approximate surface area is 217 Å². The molecule has 0 aromatic heterocycles. The van der Waals surface area contributed by atoms with Crippen molar-refractivity contribution in [3.8, 4) is 5.75 Å². The molecule has 5 nitrogen and oxygen atoms in total. The van der Waals surface area contributed by atoms with E-state index in [0.29, 0.717) is 23.8 Å². The monoisotopic (exact) mass is 545 g/mol. The number of carbonyl (C=O) groups excluding carboxylic acids is 1. The van der Waals surface area contributed by atoms with E-state index in [1.54, 1.807) is 17.0 Å². The number of hydrogen-bond acceptors (Lipinski definition) is 4. The summed E-state index contributed by atoms with van der Waals surface area (Å²) in [4.78, 5) is 15.1. The minimum absolute atomic E-state index is 0.0521. The fourth-order valence-corrected chi connectivity index (χ4v) is 6.59. The second-order valence-electron chi connectivity index (χ2n) is 8.61. The molecule has 1 unspecified atom stereocenters. The topological polar surface area (TPSA) is 63.7 Å². The van der Waals surface area contributed by atoms with Crippen molar-refractivity contribution in [2.45, 2.75) is 58.0 Å². The summed E-state index contributed by atoms with van der Waals surface area (Å²) in [5, 5.41) is 1.02. The Morgan fingerprint density at radius 1 is 1.03 bits per heavy atom. The molecule has 2 aromatic carbocycles. The van der Waals surface area contributed by atoms with Gasteiger partial charge in [0.2, 0.25) is 0 Å². The summed E-state index contributed by atoms with van der Waals surface area (Å²) in [5.41, 5.74) is 1.02. The highest BCUT2D eigenvalue weighted by Crippen LogP contribution is 2.35. The molecule has 2 aromatic rings. The van der Waals surface area contributed by atoms with Crippen LogP contribution >= 0.6 is 34.8 Å². The molecule has 1 atom stereocenters. The summed E-state index contributed by atoms with van der Waals surface area (Å²) in [5.74, 6) is -0.0196. The molecule has 1 aliphatic rings. The molecule has 1 fully saturated rings. The summed E-state index contributed by atoms with van der Waals surface area (Å²) in [7, 11) is -3.20. The minimum atomic E-state index is -3.20. The molecule has 0 N–H and O–H groups in total. The quantitative estimate of drug-likeness (QED) is 0.290. The molecule has 0 aliphatic carbocycles. The fourth-order valence-electron chi connectivity index (χ4n) is 4.06. The van der Waals surface area contributed by atoms with Gasteiger partial charge >= 0.3 is 0 Å². The normalized spacial score (nSPS) is 17.0. The Kier molecular flexibility index (Phi) is 9.95. The fraction of sp³-hybridized carbons (Fsp3) is 0.480. The van der Waals surface area contributed by atoms with Gasteiger partial charge in [0.15, 0.2) is 15.6 Å². The van der Waals surface area contributed by atoms with Crippen molar-refractivity contribution in [3.63, 3.8) is 0 Å². The summed E-state index contributed by atoms with van der Waals surface area (Å²) in [6.45, 7) is 2.85. The van der Waals surface area contributed by atoms with Crippen LogP contribution in [0.1, 0.15) is 61.4 Å². The van der Waals surface area contributed by atoms with Crippen molar-refractivity contribution < 1.29 is 17.9 Å². The van der Waals surface area contributed by atoms with Gasteiger partial charge in [0, 0.05) is 23.2 Å². The SMILES string of the molecule is CCCCCCCOc1c(Cl)cc(C(=O)N(Cc2ccccc2Cl)C2CCS(=O)(=O)C2)cc1Cl. The number of hydrogen-bond donors (Lipinski definition) is 0. The lowest BCUT2D eigenvalue weighted by Gasteiger charge is -2.29. The molecule has 0 radical (unpaired) electrons. The van der Waals surface area contributed by atoms with Crippen LogP contribution in [0.25, 0.3) is 0 Å². The van der Waals surface area contributed by atoms with Gasteiger partial charge in [0.1, 0.15) is 0 Å². The number of rotatable bonds is 11. The molecule has 1 aliphatic heterocycles. The summed E-state index contributed by atoms with van der Waals surface area (Å²) in [6, 6.07) is 9.81. The van der Waals surface area contributed by atoms with E-state index in [1.807, 2.05) is 12.1 Å². The van der Waals surface area contributed by atoms with Crippen molar-refractivity contribution in [2.75, 3.05) is 18.1 Å². The summed E-state index contributed by atoms with van der Waals surface area (Å²) < 4.78 is 30.1. The zero-order valence-corrected chi connectivity index (χ0v) is 22.3. The molecule has 3 rings (SSSR count). The highest BCUT2D eigenvalue weighted by atomic mass is 35.5. The lowest BCUT2D eigenvalue weighted by molar-refractivity contribution is 0.0681. The Balaban J connectivity index is 1.79. The standard InChI is InChI=1S/C25H30Cl3NO4S/c1-2-3-4-5-8-12-33-24-22(27)14-19(15-23(24)28)25(30)29(20-11-13-34(31,32)17-20)16-18-9-6-7-10-21(18)26/h6-7,9-10,14-15,20H,2-5,8,11-13,16-17H2,1H3. The van der Waals surface area contributed by atoms with E-state index in [-0.39, 0.29) is 39.6 Å². The first-order chi connectivity index (χ1) is 16.2. The van der Waals surface area contributed by atoms with Gasteiger partial charge in [-0.15, -0.1) is 0 Å². The van der Waals surface area contributed by atoms with Crippen LogP contribution < -0.4 is 4.74 Å². The maximum atomic E-state index is 13.6. The number of amides is 1. The number of carbonyl (C=O) groups is 1. The third-order valence-electron chi connectivity index (χ3n) is 5.95. The molecule has 1 amide bonds. The van der Waals surface area contributed by atoms with Gasteiger partial charge in [-0.2, -0.15) is 0 Å². The zero-order valence-electron chi connectivity index (χ0n) is 19.2. The van der Waals surface area contributed by atoms with E-state index in [1.165, 1.54) is 25.0 Å². The lowest BCUT2D eigenvalue weighted by atomic mass is 10.1. The number of sulfone groups is 1. The molecular formula is C25H30Cl3NO4S. The van der Waals surface area contributed by atoms with Crippen LogP contribution in [0.2, 0.25) is 15.1 Å². The average molecular weight is 547 g/mol. The number of ether oxygens (including phenoxy) is 1. The number of halogens is 3. The Hall–Kier alpha value is -1.47. The molecule has 1 saturated heterocycles. The highest BCUT2D eigenvalue weighted by Gasteiger charge is 2.35. The predicted octanol–water partition coefficient (Wildman–Crippen LogP) is 6.83. The number of benzene rings is 2. The van der Waals surface area contributed by atoms with Crippen LogP contribution in [0.5, 0.6) is 5.75 Å². The smallest absolute Gasteiger partial charge is 0.254 e. The maximum Gasteiger partial charge on any atom is 0.254 e. The number of unbranched alkanes of at least 4 members (excludes halogenated alkanes) is 4. The van der Waals surface area contributed by atoms with Gasteiger partial charge in [0.25, 0.3) is 5.91 Å². The molecule has 0 spiro atoms. The van der Waals surface area contributed by atoms with Crippen molar-refractivity contribution in [1.82, 2.24) is 4.90 Å². The first-order valence-corrected chi connectivity index (χ1v) is 14.5. The van der Waals surface area contributed by atoms with Crippen molar-refractivity contribution in [1.29, 1.82) is 0 Å². The Morgan fingerprint density at radius 3 is 2.32 bits per heavy atom. The van der Waals surface area contributed by atoms with Crippen molar-refractivity contribution in [3.05, 3.63) is 62.6 Å². The van der Waals surface area contributed by atoms with E-state index in [2.05, 4.69) is 6.92 Å². The van der Waals surface area contributed by atoms with Crippen LogP contribution in [-0.2, 0) is 16.4 Å². The minimum Gasteiger partial charge on any atom is -0.490 e. The van der Waals surface area contributed by atoms with Gasteiger partial charge in [-0.3, -0.25) is 4.79 Å². The maximum absolute atomic E-state index is 13.6. The van der Waals surface area contributed by atoms with Gasteiger partial charge < -0.3 is 9.64 Å². The zero-order chi connectivity index (χ0) is 24.7. The van der Waals surface area contributed by atoms with Gasteiger partial charge in [-0.05, 0) is 36.6 Å². The highest BCUT2D eigenvalue weighted by molar-refractivity contribution is 7.91. The van der Waals surface area contributed by atoms with Gasteiger partial charge in [-0.25, -0.2) is 8.42 Å². The third-order valence-corrected chi connectivity index (χ3v) is 8.63. The first-order valence-electron chi connectivity index (χ1n) is 11.6. The van der Waals surface area contributed by atoms with Crippen molar-refractivity contribution in [2.24, 2.45) is 0 Å². The van der Waals surface area contributed by atoms with Crippen LogP contribution in [-0.4, -0.2) is 43.4 Å². The van der Waals surface area contributed by atoms with Crippen molar-refractivity contribution >= 4 is 50.5 Å². The Morgan fingerprint density at radius 2 is 1.71 bits per heavy atom. The predicted molar refractivity (Wildman–Crippen MR) is 139 cm³/mol.